The highest BCUT2D eigenvalue weighted by Gasteiger charge is 2.10. The Bertz CT molecular complexity index is 501. The van der Waals surface area contributed by atoms with Crippen LogP contribution in [0.3, 0.4) is 0 Å². The first kappa shape index (κ1) is 25.0. The summed E-state index contributed by atoms with van der Waals surface area (Å²) in [5.74, 6) is 0.426. The molecule has 0 aliphatic heterocycles. The molecule has 1 aromatic heterocycles. The number of pyridine rings is 1. The van der Waals surface area contributed by atoms with Gasteiger partial charge >= 0.3 is 0 Å². The summed E-state index contributed by atoms with van der Waals surface area (Å²) in [6, 6.07) is 1.27. The summed E-state index contributed by atoms with van der Waals surface area (Å²) in [6.07, 6.45) is 20.5. The van der Waals surface area contributed by atoms with Gasteiger partial charge in [0.15, 0.2) is 0 Å². The fourth-order valence-corrected chi connectivity index (χ4v) is 3.49. The standard InChI is InChI=1S/C22H39NO2.ClH/c1-3-4-5-6-7-8-9-10-11-12-13-14-15-16-19(2)20-18-23-22(25)17-21(20)24;/h17-19H,3-16H2,1-2H3,(H2,23,24,25);1H. The van der Waals surface area contributed by atoms with E-state index < -0.39 is 0 Å². The Labute approximate surface area is 166 Å². The zero-order valence-electron chi connectivity index (χ0n) is 16.9. The predicted molar refractivity (Wildman–Crippen MR) is 115 cm³/mol. The highest BCUT2D eigenvalue weighted by molar-refractivity contribution is 5.85. The molecule has 3 nitrogen and oxygen atoms in total. The molecule has 0 aliphatic carbocycles. The van der Waals surface area contributed by atoms with Crippen LogP contribution >= 0.6 is 12.4 Å². The number of hydrogen-bond acceptors (Lipinski definition) is 2. The van der Waals surface area contributed by atoms with Gasteiger partial charge in [0.05, 0.1) is 0 Å². The molecule has 4 heteroatoms. The maximum atomic E-state index is 11.1. The van der Waals surface area contributed by atoms with Gasteiger partial charge < -0.3 is 10.1 Å². The third-order valence-corrected chi connectivity index (χ3v) is 5.21. The van der Waals surface area contributed by atoms with Crippen molar-refractivity contribution in [3.63, 3.8) is 0 Å². The van der Waals surface area contributed by atoms with Crippen molar-refractivity contribution in [1.29, 1.82) is 0 Å². The van der Waals surface area contributed by atoms with Crippen LogP contribution in [0.25, 0.3) is 0 Å². The van der Waals surface area contributed by atoms with E-state index in [4.69, 9.17) is 0 Å². The van der Waals surface area contributed by atoms with Crippen molar-refractivity contribution in [2.24, 2.45) is 0 Å². The van der Waals surface area contributed by atoms with Crippen molar-refractivity contribution in [3.05, 3.63) is 28.2 Å². The minimum Gasteiger partial charge on any atom is -0.507 e. The molecule has 0 radical (unpaired) electrons. The van der Waals surface area contributed by atoms with E-state index in [-0.39, 0.29) is 23.7 Å². The van der Waals surface area contributed by atoms with Gasteiger partial charge in [0, 0.05) is 17.8 Å². The SMILES string of the molecule is CCCCCCCCCCCCCCCC(C)c1c[nH]c(=O)cc1O.Cl. The lowest BCUT2D eigenvalue weighted by Crippen LogP contribution is -2.05. The molecule has 0 aliphatic rings. The van der Waals surface area contributed by atoms with E-state index in [1.807, 2.05) is 0 Å². The van der Waals surface area contributed by atoms with Crippen molar-refractivity contribution < 1.29 is 5.11 Å². The molecular formula is C22H40ClNO2. The van der Waals surface area contributed by atoms with Gasteiger partial charge in [-0.15, -0.1) is 12.4 Å². The zero-order valence-corrected chi connectivity index (χ0v) is 17.7. The Morgan fingerprint density at radius 3 is 1.81 bits per heavy atom. The molecule has 2 N–H and O–H groups in total. The summed E-state index contributed by atoms with van der Waals surface area (Å²) < 4.78 is 0. The summed E-state index contributed by atoms with van der Waals surface area (Å²) in [4.78, 5) is 13.8. The lowest BCUT2D eigenvalue weighted by molar-refractivity contribution is 0.455. The molecule has 1 atom stereocenters. The van der Waals surface area contributed by atoms with Crippen LogP contribution in [0.15, 0.2) is 17.1 Å². The van der Waals surface area contributed by atoms with Gasteiger partial charge in [-0.25, -0.2) is 0 Å². The van der Waals surface area contributed by atoms with Gasteiger partial charge in [0.25, 0.3) is 5.56 Å². The maximum Gasteiger partial charge on any atom is 0.251 e. The molecule has 0 saturated heterocycles. The van der Waals surface area contributed by atoms with Crippen LogP contribution in [0.5, 0.6) is 5.75 Å². The average molecular weight is 386 g/mol. The largest absolute Gasteiger partial charge is 0.507 e. The molecule has 1 heterocycles. The first-order valence-electron chi connectivity index (χ1n) is 10.6. The van der Waals surface area contributed by atoms with Gasteiger partial charge in [-0.3, -0.25) is 4.79 Å². The topological polar surface area (TPSA) is 53.1 Å². The summed E-state index contributed by atoms with van der Waals surface area (Å²) in [7, 11) is 0. The van der Waals surface area contributed by atoms with E-state index in [1.165, 1.54) is 89.5 Å². The van der Waals surface area contributed by atoms with E-state index in [2.05, 4.69) is 18.8 Å². The number of aromatic nitrogens is 1. The lowest BCUT2D eigenvalue weighted by Gasteiger charge is -2.12. The van der Waals surface area contributed by atoms with E-state index in [1.54, 1.807) is 6.20 Å². The second-order valence-corrected chi connectivity index (χ2v) is 7.57. The fourth-order valence-electron chi connectivity index (χ4n) is 3.49. The van der Waals surface area contributed by atoms with Crippen molar-refractivity contribution in [1.82, 2.24) is 4.98 Å². The molecule has 152 valence electrons. The first-order chi connectivity index (χ1) is 12.1. The summed E-state index contributed by atoms with van der Waals surface area (Å²) in [5, 5.41) is 9.85. The monoisotopic (exact) mass is 385 g/mol. The maximum absolute atomic E-state index is 11.1. The molecule has 1 rings (SSSR count). The van der Waals surface area contributed by atoms with Crippen LogP contribution in [0.1, 0.15) is 115 Å². The van der Waals surface area contributed by atoms with Gasteiger partial charge in [-0.05, 0) is 12.3 Å². The Morgan fingerprint density at radius 1 is 0.885 bits per heavy atom. The Hall–Kier alpha value is -0.960. The third-order valence-electron chi connectivity index (χ3n) is 5.21. The third kappa shape index (κ3) is 11.6. The molecular weight excluding hydrogens is 346 g/mol. The van der Waals surface area contributed by atoms with E-state index in [0.29, 0.717) is 5.92 Å². The van der Waals surface area contributed by atoms with Crippen molar-refractivity contribution in [2.45, 2.75) is 110 Å². The highest BCUT2D eigenvalue weighted by Crippen LogP contribution is 2.27. The number of H-pyrrole nitrogens is 1. The Balaban J connectivity index is 0.00000625. The predicted octanol–water partition coefficient (Wildman–Crippen LogP) is 7.09. The number of hydrogen-bond donors (Lipinski definition) is 2. The van der Waals surface area contributed by atoms with Crippen LogP contribution in [0, 0.1) is 0 Å². The normalized spacial score (nSPS) is 11.9. The molecule has 0 spiro atoms. The van der Waals surface area contributed by atoms with E-state index in [9.17, 15) is 9.90 Å². The second-order valence-electron chi connectivity index (χ2n) is 7.57. The Kier molecular flexibility index (Phi) is 15.6. The smallest absolute Gasteiger partial charge is 0.251 e. The van der Waals surface area contributed by atoms with Gasteiger partial charge in [0.2, 0.25) is 0 Å². The lowest BCUT2D eigenvalue weighted by atomic mass is 9.95. The van der Waals surface area contributed by atoms with Crippen LogP contribution in [0.4, 0.5) is 0 Å². The number of aromatic amines is 1. The van der Waals surface area contributed by atoms with E-state index in [0.717, 1.165) is 12.0 Å². The Morgan fingerprint density at radius 2 is 1.35 bits per heavy atom. The quantitative estimate of drug-likeness (QED) is 0.316. The van der Waals surface area contributed by atoms with Crippen LogP contribution < -0.4 is 5.56 Å². The van der Waals surface area contributed by atoms with Crippen LogP contribution in [0.2, 0.25) is 0 Å². The van der Waals surface area contributed by atoms with Gasteiger partial charge in [-0.2, -0.15) is 0 Å². The molecule has 0 bridgehead atoms. The summed E-state index contributed by atoms with van der Waals surface area (Å²) in [6.45, 7) is 4.39. The highest BCUT2D eigenvalue weighted by atomic mass is 35.5. The van der Waals surface area contributed by atoms with Crippen molar-refractivity contribution in [3.8, 4) is 5.75 Å². The minimum absolute atomic E-state index is 0. The molecule has 1 unspecified atom stereocenters. The number of rotatable bonds is 15. The molecule has 0 fully saturated rings. The zero-order chi connectivity index (χ0) is 18.3. The number of unbranched alkanes of at least 4 members (excludes halogenated alkanes) is 12. The van der Waals surface area contributed by atoms with E-state index >= 15 is 0 Å². The molecule has 0 amide bonds. The van der Waals surface area contributed by atoms with Crippen LogP contribution in [-0.4, -0.2) is 10.1 Å². The first-order valence-corrected chi connectivity index (χ1v) is 10.6. The summed E-state index contributed by atoms with van der Waals surface area (Å²) >= 11 is 0. The molecule has 26 heavy (non-hydrogen) atoms. The fraction of sp³-hybridized carbons (Fsp3) is 0.773. The second kappa shape index (κ2) is 16.2. The number of nitrogens with one attached hydrogen (secondary N) is 1. The average Bonchev–Trinajstić information content (AvgIpc) is 2.58. The van der Waals surface area contributed by atoms with Gasteiger partial charge in [0.1, 0.15) is 5.75 Å². The summed E-state index contributed by atoms with van der Waals surface area (Å²) in [5.41, 5.74) is 0.618. The van der Waals surface area contributed by atoms with Gasteiger partial charge in [-0.1, -0.05) is 97.3 Å². The molecule has 1 aromatic rings. The van der Waals surface area contributed by atoms with Crippen LogP contribution in [-0.2, 0) is 0 Å². The number of aromatic hydroxyl groups is 1. The molecule has 0 saturated carbocycles. The minimum atomic E-state index is -0.241. The molecule has 0 aromatic carbocycles. The van der Waals surface area contributed by atoms with Crippen molar-refractivity contribution in [2.75, 3.05) is 0 Å². The number of halogens is 1. The van der Waals surface area contributed by atoms with Crippen molar-refractivity contribution >= 4 is 12.4 Å².